The molecule has 0 N–H and O–H groups in total. The van der Waals surface area contributed by atoms with E-state index in [4.69, 9.17) is 0 Å². The van der Waals surface area contributed by atoms with E-state index in [9.17, 15) is 13.2 Å². The fraction of sp³-hybridized carbons (Fsp3) is 0.667. The fourth-order valence-electron chi connectivity index (χ4n) is 3.97. The second-order valence-corrected chi connectivity index (χ2v) is 10.2. The predicted octanol–water partition coefficient (Wildman–Crippen LogP) is 3.30. The van der Waals surface area contributed by atoms with Gasteiger partial charge in [-0.3, -0.25) is 4.79 Å². The molecule has 6 heteroatoms. The van der Waals surface area contributed by atoms with Crippen molar-refractivity contribution in [2.45, 2.75) is 57.3 Å². The summed E-state index contributed by atoms with van der Waals surface area (Å²) < 4.78 is 27.4. The number of nitrogens with zero attached hydrogens (tertiary/aromatic N) is 2. The minimum Gasteiger partial charge on any atom is -0.342 e. The molecule has 0 atom stereocenters. The van der Waals surface area contributed by atoms with Crippen LogP contribution < -0.4 is 0 Å². The number of hydrogen-bond donors (Lipinski definition) is 0. The molecule has 0 spiro atoms. The summed E-state index contributed by atoms with van der Waals surface area (Å²) >= 11 is 0. The van der Waals surface area contributed by atoms with Gasteiger partial charge >= 0.3 is 0 Å². The van der Waals surface area contributed by atoms with Gasteiger partial charge in [0.05, 0.1) is 4.90 Å². The van der Waals surface area contributed by atoms with Crippen molar-refractivity contribution in [2.75, 3.05) is 26.2 Å². The first-order valence-corrected chi connectivity index (χ1v) is 11.7. The highest BCUT2D eigenvalue weighted by atomic mass is 32.2. The summed E-state index contributed by atoms with van der Waals surface area (Å²) in [4.78, 5) is 14.8. The van der Waals surface area contributed by atoms with Crippen LogP contribution in [0.2, 0.25) is 0 Å². The molecule has 5 nitrogen and oxygen atoms in total. The summed E-state index contributed by atoms with van der Waals surface area (Å²) in [6.45, 7) is 6.97. The maximum Gasteiger partial charge on any atom is 0.243 e. The van der Waals surface area contributed by atoms with Gasteiger partial charge in [-0.1, -0.05) is 26.0 Å². The van der Waals surface area contributed by atoms with Crippen molar-refractivity contribution in [3.05, 3.63) is 29.8 Å². The summed E-state index contributed by atoms with van der Waals surface area (Å²) in [5.41, 5.74) is 1.18. The number of hydrogen-bond acceptors (Lipinski definition) is 3. The quantitative estimate of drug-likeness (QED) is 0.746. The molecule has 1 aromatic rings. The van der Waals surface area contributed by atoms with Crippen LogP contribution in [0.4, 0.5) is 0 Å². The van der Waals surface area contributed by atoms with Crippen LogP contribution in [0.5, 0.6) is 0 Å². The van der Waals surface area contributed by atoms with Gasteiger partial charge in [0.25, 0.3) is 0 Å². The standard InChI is InChI=1S/C21H32N2O3S/c1-17(2)5-6-18-7-9-20(10-8-18)27(25,26)23-15-11-19(12-16-23)21(24)22-13-3-4-14-22/h7-10,17,19H,3-6,11-16H2,1-2H3. The average molecular weight is 393 g/mol. The van der Waals surface area contributed by atoms with Crippen molar-refractivity contribution < 1.29 is 13.2 Å². The van der Waals surface area contributed by atoms with Gasteiger partial charge in [-0.15, -0.1) is 0 Å². The minimum atomic E-state index is -3.47. The number of rotatable bonds is 6. The topological polar surface area (TPSA) is 57.7 Å². The molecule has 150 valence electrons. The SMILES string of the molecule is CC(C)CCc1ccc(S(=O)(=O)N2CCC(C(=O)N3CCCC3)CC2)cc1. The molecule has 0 radical (unpaired) electrons. The largest absolute Gasteiger partial charge is 0.342 e. The molecule has 1 aromatic carbocycles. The molecule has 0 aliphatic carbocycles. The lowest BCUT2D eigenvalue weighted by Gasteiger charge is -2.32. The second-order valence-electron chi connectivity index (χ2n) is 8.29. The number of carbonyl (C=O) groups is 1. The first kappa shape index (κ1) is 20.3. The van der Waals surface area contributed by atoms with Crippen LogP contribution in [-0.4, -0.2) is 49.7 Å². The Morgan fingerprint density at radius 1 is 1.04 bits per heavy atom. The molecule has 2 aliphatic heterocycles. The maximum absolute atomic E-state index is 12.9. The van der Waals surface area contributed by atoms with E-state index in [1.807, 2.05) is 17.0 Å². The van der Waals surface area contributed by atoms with Crippen molar-refractivity contribution in [2.24, 2.45) is 11.8 Å². The van der Waals surface area contributed by atoms with E-state index in [0.29, 0.717) is 36.7 Å². The van der Waals surface area contributed by atoms with Crippen LogP contribution in [0.15, 0.2) is 29.2 Å². The number of benzene rings is 1. The normalized spacial score (nSPS) is 19.7. The summed E-state index contributed by atoms with van der Waals surface area (Å²) in [5, 5.41) is 0. The molecule has 2 saturated heterocycles. The Kier molecular flexibility index (Phi) is 6.58. The Labute approximate surface area is 163 Å². The lowest BCUT2D eigenvalue weighted by Crippen LogP contribution is -2.43. The van der Waals surface area contributed by atoms with Crippen LogP contribution in [0, 0.1) is 11.8 Å². The molecule has 0 saturated carbocycles. The van der Waals surface area contributed by atoms with Gasteiger partial charge in [0.15, 0.2) is 0 Å². The smallest absolute Gasteiger partial charge is 0.243 e. The molecule has 27 heavy (non-hydrogen) atoms. The van der Waals surface area contributed by atoms with E-state index in [2.05, 4.69) is 13.8 Å². The van der Waals surface area contributed by atoms with E-state index in [0.717, 1.165) is 38.8 Å². The second kappa shape index (κ2) is 8.74. The highest BCUT2D eigenvalue weighted by Crippen LogP contribution is 2.26. The molecule has 1 amide bonds. The van der Waals surface area contributed by atoms with Crippen molar-refractivity contribution in [1.82, 2.24) is 9.21 Å². The number of likely N-dealkylation sites (tertiary alicyclic amines) is 1. The Hall–Kier alpha value is -1.40. The van der Waals surface area contributed by atoms with Crippen LogP contribution in [-0.2, 0) is 21.2 Å². The van der Waals surface area contributed by atoms with E-state index >= 15 is 0 Å². The summed E-state index contributed by atoms with van der Waals surface area (Å²) in [5.74, 6) is 0.838. The Bertz CT molecular complexity index is 729. The molecular formula is C21H32N2O3S. The van der Waals surface area contributed by atoms with E-state index in [-0.39, 0.29) is 11.8 Å². The Morgan fingerprint density at radius 3 is 2.19 bits per heavy atom. The van der Waals surface area contributed by atoms with Crippen molar-refractivity contribution in [3.63, 3.8) is 0 Å². The van der Waals surface area contributed by atoms with Crippen LogP contribution in [0.3, 0.4) is 0 Å². The number of carbonyl (C=O) groups excluding carboxylic acids is 1. The van der Waals surface area contributed by atoms with Crippen LogP contribution in [0.25, 0.3) is 0 Å². The number of amides is 1. The molecule has 2 fully saturated rings. The van der Waals surface area contributed by atoms with Gasteiger partial charge in [0.1, 0.15) is 0 Å². The number of sulfonamides is 1. The van der Waals surface area contributed by atoms with E-state index < -0.39 is 10.0 Å². The van der Waals surface area contributed by atoms with Gasteiger partial charge in [-0.25, -0.2) is 8.42 Å². The molecule has 3 rings (SSSR count). The van der Waals surface area contributed by atoms with E-state index in [1.54, 1.807) is 16.4 Å². The molecule has 0 aromatic heterocycles. The van der Waals surface area contributed by atoms with Crippen molar-refractivity contribution in [3.8, 4) is 0 Å². The van der Waals surface area contributed by atoms with Gasteiger partial charge in [-0.2, -0.15) is 4.31 Å². The van der Waals surface area contributed by atoms with Crippen molar-refractivity contribution >= 4 is 15.9 Å². The minimum absolute atomic E-state index is 0.0204. The summed E-state index contributed by atoms with van der Waals surface area (Å²) in [6, 6.07) is 7.32. The molecule has 0 bridgehead atoms. The first-order valence-electron chi connectivity index (χ1n) is 10.3. The summed E-state index contributed by atoms with van der Waals surface area (Å²) in [6.07, 6.45) is 5.51. The zero-order valence-corrected chi connectivity index (χ0v) is 17.4. The number of aryl methyl sites for hydroxylation is 1. The molecular weight excluding hydrogens is 360 g/mol. The molecule has 2 aliphatic rings. The highest BCUT2D eigenvalue weighted by molar-refractivity contribution is 7.89. The predicted molar refractivity (Wildman–Crippen MR) is 107 cm³/mol. The fourth-order valence-corrected chi connectivity index (χ4v) is 5.44. The number of piperidine rings is 1. The average Bonchev–Trinajstić information content (AvgIpc) is 3.21. The van der Waals surface area contributed by atoms with Gasteiger partial charge < -0.3 is 4.90 Å². The monoisotopic (exact) mass is 392 g/mol. The van der Waals surface area contributed by atoms with Gasteiger partial charge in [-0.05, 0) is 62.1 Å². The maximum atomic E-state index is 12.9. The van der Waals surface area contributed by atoms with Gasteiger partial charge in [0, 0.05) is 32.1 Å². The first-order chi connectivity index (χ1) is 12.9. The zero-order chi connectivity index (χ0) is 19.4. The van der Waals surface area contributed by atoms with Crippen LogP contribution in [0.1, 0.15) is 51.5 Å². The lowest BCUT2D eigenvalue weighted by atomic mass is 9.97. The van der Waals surface area contributed by atoms with Crippen molar-refractivity contribution in [1.29, 1.82) is 0 Å². The van der Waals surface area contributed by atoms with Gasteiger partial charge in [0.2, 0.25) is 15.9 Å². The van der Waals surface area contributed by atoms with Crippen LogP contribution >= 0.6 is 0 Å². The highest BCUT2D eigenvalue weighted by Gasteiger charge is 2.34. The summed E-state index contributed by atoms with van der Waals surface area (Å²) in [7, 11) is -3.47. The lowest BCUT2D eigenvalue weighted by molar-refractivity contribution is -0.135. The Morgan fingerprint density at radius 2 is 1.63 bits per heavy atom. The Balaban J connectivity index is 1.58. The molecule has 2 heterocycles. The zero-order valence-electron chi connectivity index (χ0n) is 16.6. The molecule has 0 unspecified atom stereocenters. The third kappa shape index (κ3) is 4.91. The third-order valence-electron chi connectivity index (χ3n) is 5.79. The third-order valence-corrected chi connectivity index (χ3v) is 7.71. The van der Waals surface area contributed by atoms with E-state index in [1.165, 1.54) is 5.56 Å².